The lowest BCUT2D eigenvalue weighted by Crippen LogP contribution is -2.07. The van der Waals surface area contributed by atoms with Gasteiger partial charge >= 0.3 is 0 Å². The van der Waals surface area contributed by atoms with Crippen molar-refractivity contribution in [3.05, 3.63) is 48.3 Å². The summed E-state index contributed by atoms with van der Waals surface area (Å²) in [5, 5.41) is 12.9. The van der Waals surface area contributed by atoms with Gasteiger partial charge in [0.2, 0.25) is 0 Å². The van der Waals surface area contributed by atoms with E-state index < -0.39 is 0 Å². The van der Waals surface area contributed by atoms with E-state index in [9.17, 15) is 4.79 Å². The van der Waals surface area contributed by atoms with Crippen LogP contribution in [0, 0.1) is 12.3 Å². The molecule has 1 aromatic heterocycles. The standard InChI is InChI=1S/C27H31N3O5/c1-3-20-9-8-10-21(15-20)30-27-23-16-25(34-12-7-5-4-6-11-22(32)18-31)26(35-14-13-33-2)17-24(23)28-19-29-27/h1,8-10,15-17,19,31H,4-7,11-14,18H2,2H3,(H,28,29,30). The number of unbranched alkanes of at least 4 members (excludes halogenated alkanes) is 3. The molecule has 0 spiro atoms. The van der Waals surface area contributed by atoms with Crippen LogP contribution >= 0.6 is 0 Å². The van der Waals surface area contributed by atoms with E-state index in [0.29, 0.717) is 49.1 Å². The number of nitrogens with one attached hydrogen (secondary N) is 1. The molecule has 8 heteroatoms. The molecule has 0 aliphatic carbocycles. The number of carbonyl (C=O) groups excluding carboxylic acids is 1. The number of aromatic nitrogens is 2. The zero-order valence-electron chi connectivity index (χ0n) is 20.0. The molecule has 3 aromatic rings. The molecule has 184 valence electrons. The van der Waals surface area contributed by atoms with Gasteiger partial charge in [-0.25, -0.2) is 9.97 Å². The van der Waals surface area contributed by atoms with E-state index in [0.717, 1.165) is 42.3 Å². The Morgan fingerprint density at radius 3 is 2.63 bits per heavy atom. The van der Waals surface area contributed by atoms with E-state index >= 15 is 0 Å². The average molecular weight is 478 g/mol. The van der Waals surface area contributed by atoms with Gasteiger partial charge in [-0.05, 0) is 37.1 Å². The number of hydrogen-bond acceptors (Lipinski definition) is 8. The monoisotopic (exact) mass is 477 g/mol. The summed E-state index contributed by atoms with van der Waals surface area (Å²) in [6, 6.07) is 11.3. The van der Waals surface area contributed by atoms with Crippen molar-refractivity contribution in [3.8, 4) is 23.8 Å². The van der Waals surface area contributed by atoms with Gasteiger partial charge in [-0.15, -0.1) is 6.42 Å². The van der Waals surface area contributed by atoms with E-state index in [1.54, 1.807) is 7.11 Å². The molecule has 2 N–H and O–H groups in total. The lowest BCUT2D eigenvalue weighted by atomic mass is 10.1. The predicted molar refractivity (Wildman–Crippen MR) is 135 cm³/mol. The van der Waals surface area contributed by atoms with Crippen LogP contribution in [0.2, 0.25) is 0 Å². The molecular formula is C27H31N3O5. The third-order valence-electron chi connectivity index (χ3n) is 5.32. The second-order valence-electron chi connectivity index (χ2n) is 7.94. The van der Waals surface area contributed by atoms with Crippen LogP contribution in [0.15, 0.2) is 42.7 Å². The van der Waals surface area contributed by atoms with Gasteiger partial charge in [0.1, 0.15) is 25.4 Å². The van der Waals surface area contributed by atoms with Gasteiger partial charge in [-0.2, -0.15) is 0 Å². The Bertz CT molecular complexity index is 1160. The number of rotatable bonds is 15. The topological polar surface area (TPSA) is 103 Å². The summed E-state index contributed by atoms with van der Waals surface area (Å²) in [6.45, 7) is 0.950. The molecule has 35 heavy (non-hydrogen) atoms. The SMILES string of the molecule is C#Cc1cccc(Nc2ncnc3cc(OCCOC)c(OCCCCCCC(=O)CO)cc23)c1. The van der Waals surface area contributed by atoms with Crippen LogP contribution in [-0.4, -0.2) is 54.4 Å². The summed E-state index contributed by atoms with van der Waals surface area (Å²) in [7, 11) is 1.62. The lowest BCUT2D eigenvalue weighted by Gasteiger charge is -2.15. The van der Waals surface area contributed by atoms with Crippen LogP contribution in [0.3, 0.4) is 0 Å². The lowest BCUT2D eigenvalue weighted by molar-refractivity contribution is -0.121. The van der Waals surface area contributed by atoms with Crippen LogP contribution in [0.1, 0.15) is 37.7 Å². The Morgan fingerprint density at radius 1 is 1.03 bits per heavy atom. The minimum Gasteiger partial charge on any atom is -0.490 e. The van der Waals surface area contributed by atoms with Crippen LogP contribution in [0.25, 0.3) is 10.9 Å². The number of benzene rings is 2. The molecule has 0 saturated carbocycles. The van der Waals surface area contributed by atoms with Crippen molar-refractivity contribution in [2.45, 2.75) is 32.1 Å². The molecule has 0 unspecified atom stereocenters. The molecule has 0 atom stereocenters. The van der Waals surface area contributed by atoms with Gasteiger partial charge in [0.05, 0.1) is 18.7 Å². The Kier molecular flexibility index (Phi) is 10.3. The fourth-order valence-corrected chi connectivity index (χ4v) is 3.49. The number of nitrogens with zero attached hydrogens (tertiary/aromatic N) is 2. The maximum Gasteiger partial charge on any atom is 0.163 e. The molecule has 0 fully saturated rings. The average Bonchev–Trinajstić information content (AvgIpc) is 2.88. The maximum atomic E-state index is 11.2. The number of terminal acetylenes is 1. The summed E-state index contributed by atoms with van der Waals surface area (Å²) < 4.78 is 17.1. The molecule has 0 bridgehead atoms. The second-order valence-corrected chi connectivity index (χ2v) is 7.94. The van der Waals surface area contributed by atoms with Crippen molar-refractivity contribution >= 4 is 28.2 Å². The number of aliphatic hydroxyl groups is 1. The second kappa shape index (κ2) is 13.9. The molecule has 0 aliphatic rings. The van der Waals surface area contributed by atoms with Crippen molar-refractivity contribution in [2.75, 3.05) is 38.9 Å². The minimum absolute atomic E-state index is 0.118. The Labute approximate surface area is 205 Å². The van der Waals surface area contributed by atoms with Gasteiger partial charge in [-0.3, -0.25) is 4.79 Å². The van der Waals surface area contributed by atoms with Gasteiger partial charge in [0, 0.05) is 36.2 Å². The number of fused-ring (bicyclic) bond motifs is 1. The first-order valence-corrected chi connectivity index (χ1v) is 11.6. The first kappa shape index (κ1) is 25.9. The van der Waals surface area contributed by atoms with Crippen LogP contribution < -0.4 is 14.8 Å². The normalized spacial score (nSPS) is 10.7. The fraction of sp³-hybridized carbons (Fsp3) is 0.370. The summed E-state index contributed by atoms with van der Waals surface area (Å²) >= 11 is 0. The number of Topliss-reactive ketones (excluding diaryl/α,β-unsaturated/α-hetero) is 1. The third kappa shape index (κ3) is 7.95. The number of hydrogen-bond donors (Lipinski definition) is 2. The first-order valence-electron chi connectivity index (χ1n) is 11.6. The van der Waals surface area contributed by atoms with Crippen LogP contribution in [0.5, 0.6) is 11.5 Å². The molecule has 0 radical (unpaired) electrons. The Hall–Kier alpha value is -3.67. The molecule has 0 aliphatic heterocycles. The van der Waals surface area contributed by atoms with Gasteiger partial charge in [0.15, 0.2) is 17.3 Å². The van der Waals surface area contributed by atoms with Gasteiger partial charge < -0.3 is 24.6 Å². The molecule has 3 rings (SSSR count). The highest BCUT2D eigenvalue weighted by Gasteiger charge is 2.13. The van der Waals surface area contributed by atoms with Crippen molar-refractivity contribution in [3.63, 3.8) is 0 Å². The highest BCUT2D eigenvalue weighted by Crippen LogP contribution is 2.35. The number of ketones is 1. The molecular weight excluding hydrogens is 446 g/mol. The van der Waals surface area contributed by atoms with Crippen molar-refractivity contribution in [2.24, 2.45) is 0 Å². The largest absolute Gasteiger partial charge is 0.490 e. The van der Waals surface area contributed by atoms with Gasteiger partial charge in [0.25, 0.3) is 0 Å². The zero-order chi connectivity index (χ0) is 24.9. The zero-order valence-corrected chi connectivity index (χ0v) is 20.0. The fourth-order valence-electron chi connectivity index (χ4n) is 3.49. The molecule has 2 aromatic carbocycles. The quantitative estimate of drug-likeness (QED) is 0.247. The van der Waals surface area contributed by atoms with Crippen molar-refractivity contribution in [1.82, 2.24) is 9.97 Å². The predicted octanol–water partition coefficient (Wildman–Crippen LogP) is 4.27. The number of anilines is 2. The smallest absolute Gasteiger partial charge is 0.163 e. The van der Waals surface area contributed by atoms with E-state index in [-0.39, 0.29) is 12.4 Å². The van der Waals surface area contributed by atoms with E-state index in [1.165, 1.54) is 6.33 Å². The highest BCUT2D eigenvalue weighted by molar-refractivity contribution is 5.93. The maximum absolute atomic E-state index is 11.2. The molecule has 1 heterocycles. The van der Waals surface area contributed by atoms with E-state index in [4.69, 9.17) is 25.7 Å². The molecule has 0 saturated heterocycles. The van der Waals surface area contributed by atoms with Crippen LogP contribution in [-0.2, 0) is 9.53 Å². The summed E-state index contributed by atoms with van der Waals surface area (Å²) in [6.07, 6.45) is 10.9. The van der Waals surface area contributed by atoms with E-state index in [1.807, 2.05) is 36.4 Å². The number of ether oxygens (including phenoxy) is 3. The summed E-state index contributed by atoms with van der Waals surface area (Å²) in [5.41, 5.74) is 2.30. The highest BCUT2D eigenvalue weighted by atomic mass is 16.5. The van der Waals surface area contributed by atoms with Gasteiger partial charge in [-0.1, -0.05) is 24.8 Å². The molecule has 8 nitrogen and oxygen atoms in total. The molecule has 0 amide bonds. The Balaban J connectivity index is 1.74. The van der Waals surface area contributed by atoms with Crippen LogP contribution in [0.4, 0.5) is 11.5 Å². The number of methoxy groups -OCH3 is 1. The third-order valence-corrected chi connectivity index (χ3v) is 5.32. The summed E-state index contributed by atoms with van der Waals surface area (Å²) in [4.78, 5) is 20.0. The van der Waals surface area contributed by atoms with Crippen molar-refractivity contribution < 1.29 is 24.1 Å². The minimum atomic E-state index is -0.382. The summed E-state index contributed by atoms with van der Waals surface area (Å²) in [5.74, 6) is 4.33. The van der Waals surface area contributed by atoms with Crippen molar-refractivity contribution in [1.29, 1.82) is 0 Å². The first-order chi connectivity index (χ1) is 17.1. The van der Waals surface area contributed by atoms with E-state index in [2.05, 4.69) is 21.2 Å². The Morgan fingerprint density at radius 2 is 1.83 bits per heavy atom. The number of aliphatic hydroxyl groups excluding tert-OH is 1. The number of carbonyl (C=O) groups is 1.